The number of hydrogen-bond donors (Lipinski definition) is 2. The molecule has 1 aromatic carbocycles. The van der Waals surface area contributed by atoms with Crippen molar-refractivity contribution < 1.29 is 9.63 Å². The molecule has 1 saturated heterocycles. The van der Waals surface area contributed by atoms with Gasteiger partial charge in [0.2, 0.25) is 5.95 Å². The Morgan fingerprint density at radius 3 is 2.63 bits per heavy atom. The number of likely N-dealkylation sites (N-methyl/N-ethyl adjacent to an activating group) is 1. The van der Waals surface area contributed by atoms with E-state index in [1.807, 2.05) is 32.0 Å². The number of anilines is 4. The van der Waals surface area contributed by atoms with E-state index in [0.29, 0.717) is 18.0 Å². The first-order valence-corrected chi connectivity index (χ1v) is 12.4. The van der Waals surface area contributed by atoms with Crippen LogP contribution in [0.4, 0.5) is 23.3 Å². The maximum Gasteiger partial charge on any atom is 0.274 e. The molecule has 2 aromatic rings. The maximum absolute atomic E-state index is 12.4. The van der Waals surface area contributed by atoms with Crippen LogP contribution in [0.1, 0.15) is 50.0 Å². The van der Waals surface area contributed by atoms with Crippen LogP contribution in [0.2, 0.25) is 0 Å². The third kappa shape index (κ3) is 7.80. The molecule has 0 spiro atoms. The Labute approximate surface area is 209 Å². The van der Waals surface area contributed by atoms with E-state index in [0.717, 1.165) is 62.2 Å². The largest absolute Gasteiger partial charge is 0.359 e. The summed E-state index contributed by atoms with van der Waals surface area (Å²) in [5.74, 6) is 2.02. The number of rotatable bonds is 8. The topological polar surface area (TPSA) is 85.9 Å². The third-order valence-electron chi connectivity index (χ3n) is 5.88. The van der Waals surface area contributed by atoms with Gasteiger partial charge in [-0.15, -0.1) is 0 Å². The average molecular weight is 484 g/mol. The van der Waals surface area contributed by atoms with Crippen LogP contribution in [0, 0.1) is 12.3 Å². The summed E-state index contributed by atoms with van der Waals surface area (Å²) in [7, 11) is 4.23. The molecular formula is C26H41N7O2. The monoisotopic (exact) mass is 483 g/mol. The van der Waals surface area contributed by atoms with Crippen molar-refractivity contribution in [2.24, 2.45) is 5.41 Å². The summed E-state index contributed by atoms with van der Waals surface area (Å²) >= 11 is 0. The first-order valence-electron chi connectivity index (χ1n) is 12.4. The van der Waals surface area contributed by atoms with Gasteiger partial charge in [-0.2, -0.15) is 9.97 Å². The number of carbonyl (C=O) groups is 1. The minimum Gasteiger partial charge on any atom is -0.359 e. The van der Waals surface area contributed by atoms with Crippen molar-refractivity contribution in [2.45, 2.75) is 41.0 Å². The number of hydroxylamine groups is 1. The molecule has 1 aliphatic heterocycles. The second kappa shape index (κ2) is 11.7. The van der Waals surface area contributed by atoms with Gasteiger partial charge in [-0.25, -0.2) is 5.48 Å². The SMILES string of the molecule is CCONC(=O)c1ccc(C)c(Nc2cc(N(C)CC(C)(C)C)nc(N3CCCN(C)CC3)n2)c1. The number of carbonyl (C=O) groups excluding carboxylic acids is 1. The summed E-state index contributed by atoms with van der Waals surface area (Å²) in [6.45, 7) is 15.6. The Bertz CT molecular complexity index is 1010. The number of aromatic nitrogens is 2. The van der Waals surface area contributed by atoms with Crippen molar-refractivity contribution in [2.75, 3.05) is 68.5 Å². The van der Waals surface area contributed by atoms with Crippen molar-refractivity contribution in [3.05, 3.63) is 35.4 Å². The highest BCUT2D eigenvalue weighted by Crippen LogP contribution is 2.27. The van der Waals surface area contributed by atoms with Crippen LogP contribution in [-0.4, -0.2) is 74.2 Å². The van der Waals surface area contributed by atoms with Gasteiger partial charge >= 0.3 is 0 Å². The van der Waals surface area contributed by atoms with Gasteiger partial charge in [-0.1, -0.05) is 26.8 Å². The molecule has 1 amide bonds. The molecule has 192 valence electrons. The zero-order chi connectivity index (χ0) is 25.6. The van der Waals surface area contributed by atoms with Gasteiger partial charge in [0.05, 0.1) is 6.61 Å². The third-order valence-corrected chi connectivity index (χ3v) is 5.88. The van der Waals surface area contributed by atoms with Crippen LogP contribution in [0.5, 0.6) is 0 Å². The van der Waals surface area contributed by atoms with Crippen molar-refractivity contribution in [3.63, 3.8) is 0 Å². The summed E-state index contributed by atoms with van der Waals surface area (Å²) in [6.07, 6.45) is 1.07. The average Bonchev–Trinajstić information content (AvgIpc) is 3.02. The zero-order valence-corrected chi connectivity index (χ0v) is 22.3. The number of benzene rings is 1. The van der Waals surface area contributed by atoms with E-state index in [2.05, 4.69) is 60.4 Å². The fraction of sp³-hybridized carbons (Fsp3) is 0.577. The highest BCUT2D eigenvalue weighted by atomic mass is 16.6. The number of hydrogen-bond acceptors (Lipinski definition) is 8. The van der Waals surface area contributed by atoms with Gasteiger partial charge in [0.25, 0.3) is 5.91 Å². The van der Waals surface area contributed by atoms with Crippen LogP contribution in [-0.2, 0) is 4.84 Å². The van der Waals surface area contributed by atoms with Gasteiger partial charge in [0.15, 0.2) is 0 Å². The van der Waals surface area contributed by atoms with Crippen molar-refractivity contribution in [1.29, 1.82) is 0 Å². The van der Waals surface area contributed by atoms with Crippen LogP contribution in [0.25, 0.3) is 0 Å². The lowest BCUT2D eigenvalue weighted by molar-refractivity contribution is 0.0364. The number of nitrogens with zero attached hydrogens (tertiary/aromatic N) is 5. The molecule has 0 unspecified atom stereocenters. The molecule has 3 rings (SSSR count). The molecule has 0 atom stereocenters. The first kappa shape index (κ1) is 26.7. The van der Waals surface area contributed by atoms with E-state index < -0.39 is 0 Å². The Kier molecular flexibility index (Phi) is 8.91. The van der Waals surface area contributed by atoms with Gasteiger partial charge in [0, 0.05) is 50.5 Å². The second-order valence-electron chi connectivity index (χ2n) is 10.5. The van der Waals surface area contributed by atoms with Crippen molar-refractivity contribution >= 4 is 29.2 Å². The maximum atomic E-state index is 12.4. The molecular weight excluding hydrogens is 442 g/mol. The lowest BCUT2D eigenvalue weighted by atomic mass is 9.96. The second-order valence-corrected chi connectivity index (χ2v) is 10.5. The highest BCUT2D eigenvalue weighted by molar-refractivity contribution is 5.94. The Morgan fingerprint density at radius 2 is 1.91 bits per heavy atom. The molecule has 9 nitrogen and oxygen atoms in total. The molecule has 0 bridgehead atoms. The number of amides is 1. The Hall–Kier alpha value is -2.91. The minimum atomic E-state index is -0.280. The molecule has 0 aliphatic carbocycles. The number of aryl methyl sites for hydroxylation is 1. The lowest BCUT2D eigenvalue weighted by Gasteiger charge is -2.29. The fourth-order valence-corrected chi connectivity index (χ4v) is 4.09. The highest BCUT2D eigenvalue weighted by Gasteiger charge is 2.20. The van der Waals surface area contributed by atoms with Crippen LogP contribution >= 0.6 is 0 Å². The van der Waals surface area contributed by atoms with E-state index in [1.54, 1.807) is 6.07 Å². The van der Waals surface area contributed by atoms with Crippen LogP contribution in [0.3, 0.4) is 0 Å². The van der Waals surface area contributed by atoms with Crippen LogP contribution < -0.4 is 20.6 Å². The molecule has 0 radical (unpaired) electrons. The molecule has 0 saturated carbocycles. The quantitative estimate of drug-likeness (QED) is 0.548. The van der Waals surface area contributed by atoms with Gasteiger partial charge in [0.1, 0.15) is 11.6 Å². The van der Waals surface area contributed by atoms with E-state index >= 15 is 0 Å². The molecule has 2 N–H and O–H groups in total. The molecule has 2 heterocycles. The van der Waals surface area contributed by atoms with E-state index in [9.17, 15) is 4.79 Å². The molecule has 9 heteroatoms. The number of nitrogens with one attached hydrogen (secondary N) is 2. The molecule has 1 aliphatic rings. The van der Waals surface area contributed by atoms with E-state index in [4.69, 9.17) is 14.8 Å². The Balaban J connectivity index is 1.94. The summed E-state index contributed by atoms with van der Waals surface area (Å²) < 4.78 is 0. The van der Waals surface area contributed by atoms with Gasteiger partial charge < -0.3 is 20.0 Å². The van der Waals surface area contributed by atoms with Crippen molar-refractivity contribution in [1.82, 2.24) is 20.3 Å². The van der Waals surface area contributed by atoms with Gasteiger partial charge in [-0.05, 0) is 57.0 Å². The zero-order valence-electron chi connectivity index (χ0n) is 22.3. The smallest absolute Gasteiger partial charge is 0.274 e. The van der Waals surface area contributed by atoms with E-state index in [-0.39, 0.29) is 11.3 Å². The summed E-state index contributed by atoms with van der Waals surface area (Å²) in [5, 5.41) is 3.45. The fourth-order valence-electron chi connectivity index (χ4n) is 4.09. The summed E-state index contributed by atoms with van der Waals surface area (Å²) in [5.41, 5.74) is 4.93. The lowest BCUT2D eigenvalue weighted by Crippen LogP contribution is -2.32. The standard InChI is InChI=1S/C26H41N7O2/c1-8-35-30-24(34)20-11-10-19(2)21(16-20)27-22-17-23(32(7)18-26(3,4)5)29-25(28-22)33-13-9-12-31(6)14-15-33/h10-11,16-17H,8-9,12-15,18H2,1-7H3,(H,30,34)(H,27,28,29). The minimum absolute atomic E-state index is 0.123. The predicted octanol–water partition coefficient (Wildman–Crippen LogP) is 3.83. The van der Waals surface area contributed by atoms with Crippen molar-refractivity contribution in [3.8, 4) is 0 Å². The molecule has 1 fully saturated rings. The first-order chi connectivity index (χ1) is 16.6. The Morgan fingerprint density at radius 1 is 1.14 bits per heavy atom. The van der Waals surface area contributed by atoms with E-state index in [1.165, 1.54) is 0 Å². The normalized spacial score (nSPS) is 15.0. The summed E-state index contributed by atoms with van der Waals surface area (Å²) in [4.78, 5) is 34.1. The molecule has 35 heavy (non-hydrogen) atoms. The predicted molar refractivity (Wildman–Crippen MR) is 143 cm³/mol. The summed E-state index contributed by atoms with van der Waals surface area (Å²) in [6, 6.07) is 7.51. The molecule has 1 aromatic heterocycles. The van der Waals surface area contributed by atoms with Gasteiger partial charge in [-0.3, -0.25) is 9.63 Å². The van der Waals surface area contributed by atoms with Crippen LogP contribution in [0.15, 0.2) is 24.3 Å².